The molecule has 3 rings (SSSR count). The Balaban J connectivity index is 1.92. The van der Waals surface area contributed by atoms with E-state index in [4.69, 9.17) is 0 Å². The minimum Gasteiger partial charge on any atom is -0.354 e. The molecule has 0 aliphatic heterocycles. The van der Waals surface area contributed by atoms with E-state index >= 15 is 0 Å². The van der Waals surface area contributed by atoms with Crippen LogP contribution < -0.4 is 5.32 Å². The maximum absolute atomic E-state index is 13.6. The third-order valence-electron chi connectivity index (χ3n) is 4.07. The maximum Gasteiger partial charge on any atom is 0.416 e. The van der Waals surface area contributed by atoms with Gasteiger partial charge in [-0.15, -0.1) is 0 Å². The van der Waals surface area contributed by atoms with E-state index in [-0.39, 0.29) is 23.6 Å². The first kappa shape index (κ1) is 19.5. The number of nitrogens with one attached hydrogen (secondary N) is 1. The van der Waals surface area contributed by atoms with Gasteiger partial charge in [0.25, 0.3) is 5.91 Å². The number of aryl methyl sites for hydroxylation is 1. The van der Waals surface area contributed by atoms with Crippen molar-refractivity contribution >= 4 is 5.91 Å². The number of alkyl halides is 3. The standard InChI is InChI=1S/C19H16F4N4O/c1-11-5-16(18(28)24-2)26-27(11)17-9-12(3-4-25-17)6-13-7-14(19(21,22)23)10-15(20)8-13/h3-5,7-10H,6H2,1-2H3,(H,24,28). The monoisotopic (exact) mass is 392 g/mol. The summed E-state index contributed by atoms with van der Waals surface area (Å²) in [7, 11) is 1.49. The second-order valence-electron chi connectivity index (χ2n) is 6.21. The first-order chi connectivity index (χ1) is 13.2. The van der Waals surface area contributed by atoms with Gasteiger partial charge in [0.15, 0.2) is 11.5 Å². The fourth-order valence-corrected chi connectivity index (χ4v) is 2.78. The zero-order chi connectivity index (χ0) is 20.5. The summed E-state index contributed by atoms with van der Waals surface area (Å²) < 4.78 is 53.7. The lowest BCUT2D eigenvalue weighted by atomic mass is 10.0. The van der Waals surface area contributed by atoms with Crippen LogP contribution in [0.2, 0.25) is 0 Å². The van der Waals surface area contributed by atoms with Crippen molar-refractivity contribution in [2.24, 2.45) is 0 Å². The van der Waals surface area contributed by atoms with Crippen molar-refractivity contribution < 1.29 is 22.4 Å². The van der Waals surface area contributed by atoms with E-state index in [2.05, 4.69) is 15.4 Å². The van der Waals surface area contributed by atoms with Gasteiger partial charge in [0.2, 0.25) is 0 Å². The Hall–Kier alpha value is -3.23. The fraction of sp³-hybridized carbons (Fsp3) is 0.211. The number of benzene rings is 1. The van der Waals surface area contributed by atoms with Gasteiger partial charge in [0.05, 0.1) is 5.56 Å². The molecule has 9 heteroatoms. The maximum atomic E-state index is 13.6. The summed E-state index contributed by atoms with van der Waals surface area (Å²) in [6.07, 6.45) is -3.06. The Labute approximate surface area is 158 Å². The van der Waals surface area contributed by atoms with Crippen molar-refractivity contribution in [3.05, 3.63) is 76.5 Å². The molecule has 2 heterocycles. The number of nitrogens with zero attached hydrogens (tertiary/aromatic N) is 3. The zero-order valence-corrected chi connectivity index (χ0v) is 15.0. The summed E-state index contributed by atoms with van der Waals surface area (Å²) >= 11 is 0. The summed E-state index contributed by atoms with van der Waals surface area (Å²) in [5, 5.41) is 6.67. The number of carbonyl (C=O) groups is 1. The molecule has 0 aliphatic carbocycles. The van der Waals surface area contributed by atoms with Crippen LogP contribution in [0.3, 0.4) is 0 Å². The highest BCUT2D eigenvalue weighted by atomic mass is 19.4. The van der Waals surface area contributed by atoms with Crippen molar-refractivity contribution in [3.8, 4) is 5.82 Å². The van der Waals surface area contributed by atoms with E-state index < -0.39 is 17.6 Å². The number of hydrogen-bond donors (Lipinski definition) is 1. The molecular weight excluding hydrogens is 376 g/mol. The largest absolute Gasteiger partial charge is 0.416 e. The summed E-state index contributed by atoms with van der Waals surface area (Å²) in [4.78, 5) is 15.9. The normalized spacial score (nSPS) is 11.5. The predicted octanol–water partition coefficient (Wildman–Crippen LogP) is 3.68. The number of aromatic nitrogens is 3. The Bertz CT molecular complexity index is 1030. The van der Waals surface area contributed by atoms with Gasteiger partial charge in [-0.05, 0) is 60.9 Å². The quantitative estimate of drug-likeness (QED) is 0.689. The van der Waals surface area contributed by atoms with Crippen LogP contribution in [-0.4, -0.2) is 27.7 Å². The van der Waals surface area contributed by atoms with Gasteiger partial charge in [0.1, 0.15) is 5.82 Å². The molecule has 0 unspecified atom stereocenters. The van der Waals surface area contributed by atoms with E-state index in [0.29, 0.717) is 23.1 Å². The van der Waals surface area contributed by atoms with Crippen molar-refractivity contribution in [1.29, 1.82) is 0 Å². The highest BCUT2D eigenvalue weighted by molar-refractivity contribution is 5.92. The minimum atomic E-state index is -4.62. The molecule has 0 aliphatic rings. The molecule has 1 aromatic carbocycles. The topological polar surface area (TPSA) is 59.8 Å². The first-order valence-corrected chi connectivity index (χ1v) is 8.28. The summed E-state index contributed by atoms with van der Waals surface area (Å²) in [6, 6.07) is 7.31. The summed E-state index contributed by atoms with van der Waals surface area (Å²) in [6.45, 7) is 1.75. The fourth-order valence-electron chi connectivity index (χ4n) is 2.78. The molecule has 0 bridgehead atoms. The SMILES string of the molecule is CNC(=O)c1cc(C)n(-c2cc(Cc3cc(F)cc(C(F)(F)F)c3)ccn2)n1. The van der Waals surface area contributed by atoms with Crippen LogP contribution in [-0.2, 0) is 12.6 Å². The van der Waals surface area contributed by atoms with E-state index in [1.165, 1.54) is 17.9 Å². The Morgan fingerprint density at radius 1 is 1.14 bits per heavy atom. The second-order valence-corrected chi connectivity index (χ2v) is 6.21. The highest BCUT2D eigenvalue weighted by Gasteiger charge is 2.31. The molecule has 146 valence electrons. The highest BCUT2D eigenvalue weighted by Crippen LogP contribution is 2.31. The van der Waals surface area contributed by atoms with Crippen LogP contribution in [0.25, 0.3) is 5.82 Å². The molecule has 0 atom stereocenters. The van der Waals surface area contributed by atoms with Crippen LogP contribution in [0, 0.1) is 12.7 Å². The molecule has 1 amide bonds. The Kier molecular flexibility index (Phi) is 5.17. The number of amides is 1. The van der Waals surface area contributed by atoms with Crippen LogP contribution in [0.1, 0.15) is 32.9 Å². The molecular formula is C19H16F4N4O. The van der Waals surface area contributed by atoms with Gasteiger partial charge >= 0.3 is 6.18 Å². The molecule has 1 N–H and O–H groups in total. The van der Waals surface area contributed by atoms with Gasteiger partial charge in [-0.2, -0.15) is 18.3 Å². The van der Waals surface area contributed by atoms with Crippen LogP contribution in [0.5, 0.6) is 0 Å². The lowest BCUT2D eigenvalue weighted by molar-refractivity contribution is -0.137. The summed E-state index contributed by atoms with van der Waals surface area (Å²) in [5.74, 6) is -0.896. The Morgan fingerprint density at radius 3 is 2.57 bits per heavy atom. The second kappa shape index (κ2) is 7.41. The van der Waals surface area contributed by atoms with Crippen molar-refractivity contribution in [3.63, 3.8) is 0 Å². The van der Waals surface area contributed by atoms with E-state index in [9.17, 15) is 22.4 Å². The lowest BCUT2D eigenvalue weighted by Crippen LogP contribution is -2.18. The lowest BCUT2D eigenvalue weighted by Gasteiger charge is -2.10. The van der Waals surface area contributed by atoms with E-state index in [1.807, 2.05) is 0 Å². The van der Waals surface area contributed by atoms with Gasteiger partial charge in [-0.1, -0.05) is 0 Å². The molecule has 3 aromatic rings. The summed E-state index contributed by atoms with van der Waals surface area (Å²) in [5.41, 5.74) is 0.656. The molecule has 0 spiro atoms. The smallest absolute Gasteiger partial charge is 0.354 e. The molecule has 0 saturated heterocycles. The van der Waals surface area contributed by atoms with Crippen LogP contribution in [0.15, 0.2) is 42.6 Å². The van der Waals surface area contributed by atoms with E-state index in [0.717, 1.165) is 12.1 Å². The minimum absolute atomic E-state index is 0.0823. The van der Waals surface area contributed by atoms with Gasteiger partial charge in [-0.25, -0.2) is 14.1 Å². The first-order valence-electron chi connectivity index (χ1n) is 8.28. The molecule has 2 aromatic heterocycles. The zero-order valence-electron chi connectivity index (χ0n) is 15.0. The number of hydrogen-bond acceptors (Lipinski definition) is 3. The predicted molar refractivity (Wildman–Crippen MR) is 93.7 cm³/mol. The average molecular weight is 392 g/mol. The van der Waals surface area contributed by atoms with Crippen LogP contribution >= 0.6 is 0 Å². The molecule has 0 fully saturated rings. The van der Waals surface area contributed by atoms with Crippen molar-refractivity contribution in [2.75, 3.05) is 7.05 Å². The Morgan fingerprint density at radius 2 is 1.89 bits per heavy atom. The van der Waals surface area contributed by atoms with Gasteiger partial charge < -0.3 is 5.32 Å². The van der Waals surface area contributed by atoms with Crippen molar-refractivity contribution in [2.45, 2.75) is 19.5 Å². The third kappa shape index (κ3) is 4.19. The number of pyridine rings is 1. The van der Waals surface area contributed by atoms with Crippen LogP contribution in [0.4, 0.5) is 17.6 Å². The van der Waals surface area contributed by atoms with Gasteiger partial charge in [0, 0.05) is 18.9 Å². The number of carbonyl (C=O) groups excluding carboxylic acids is 1. The number of halogens is 4. The molecule has 0 radical (unpaired) electrons. The molecule has 0 saturated carbocycles. The molecule has 28 heavy (non-hydrogen) atoms. The number of rotatable bonds is 4. The van der Waals surface area contributed by atoms with Gasteiger partial charge in [-0.3, -0.25) is 4.79 Å². The van der Waals surface area contributed by atoms with Crippen molar-refractivity contribution in [1.82, 2.24) is 20.1 Å². The molecule has 5 nitrogen and oxygen atoms in total. The third-order valence-corrected chi connectivity index (χ3v) is 4.07. The van der Waals surface area contributed by atoms with E-state index in [1.54, 1.807) is 25.1 Å². The average Bonchev–Trinajstić information content (AvgIpc) is 3.02.